The smallest absolute Gasteiger partial charge is 0.305 e. The number of alkyl halides is 3. The number of benzene rings is 1. The summed E-state index contributed by atoms with van der Waals surface area (Å²) in [6.07, 6.45) is -4.27. The number of rotatable bonds is 2. The first-order valence-corrected chi connectivity index (χ1v) is 4.62. The highest BCUT2D eigenvalue weighted by Gasteiger charge is 2.33. The minimum atomic E-state index is -4.27. The van der Waals surface area contributed by atoms with E-state index in [1.165, 1.54) is 12.1 Å². The van der Waals surface area contributed by atoms with Crippen molar-refractivity contribution < 1.29 is 13.2 Å². The van der Waals surface area contributed by atoms with E-state index in [-0.39, 0.29) is 0 Å². The van der Waals surface area contributed by atoms with E-state index in [4.69, 9.17) is 0 Å². The molecule has 0 saturated carbocycles. The zero-order chi connectivity index (χ0) is 11.6. The molecule has 0 amide bonds. The zero-order valence-electron chi connectivity index (χ0n) is 9.02. The Morgan fingerprint density at radius 3 is 2.27 bits per heavy atom. The molecule has 0 N–H and O–H groups in total. The summed E-state index contributed by atoms with van der Waals surface area (Å²) in [4.78, 5) is 1.72. The van der Waals surface area contributed by atoms with Crippen molar-refractivity contribution in [3.8, 4) is 0 Å². The highest BCUT2D eigenvalue weighted by atomic mass is 19.4. The maximum absolute atomic E-state index is 12.7. The fourth-order valence-corrected chi connectivity index (χ4v) is 1.43. The molecule has 0 saturated heterocycles. The third-order valence-electron chi connectivity index (χ3n) is 2.06. The average Bonchev–Trinajstić information content (AvgIpc) is 2.05. The Balaban J connectivity index is 3.15. The van der Waals surface area contributed by atoms with Crippen molar-refractivity contribution in [2.45, 2.75) is 19.6 Å². The van der Waals surface area contributed by atoms with E-state index in [0.717, 1.165) is 0 Å². The first-order chi connectivity index (χ1) is 6.80. The van der Waals surface area contributed by atoms with Gasteiger partial charge in [-0.1, -0.05) is 17.7 Å². The second-order valence-corrected chi connectivity index (χ2v) is 3.90. The van der Waals surface area contributed by atoms with E-state index < -0.39 is 11.7 Å². The van der Waals surface area contributed by atoms with Gasteiger partial charge in [0.05, 0.1) is 5.56 Å². The van der Waals surface area contributed by atoms with Crippen molar-refractivity contribution in [3.05, 3.63) is 34.9 Å². The predicted octanol–water partition coefficient (Wildman–Crippen LogP) is 3.08. The highest BCUT2D eigenvalue weighted by Crippen LogP contribution is 2.32. The number of nitrogens with zero attached hydrogens (tertiary/aromatic N) is 1. The van der Waals surface area contributed by atoms with Gasteiger partial charge in [0.15, 0.2) is 0 Å². The van der Waals surface area contributed by atoms with Gasteiger partial charge in [-0.3, -0.25) is 0 Å². The maximum atomic E-state index is 12.7. The van der Waals surface area contributed by atoms with Crippen LogP contribution in [0.2, 0.25) is 0 Å². The summed E-state index contributed by atoms with van der Waals surface area (Å²) in [5.41, 5.74) is 0.416. The molecule has 0 aliphatic heterocycles. The molecule has 15 heavy (non-hydrogen) atoms. The summed E-state index contributed by atoms with van der Waals surface area (Å²) in [5, 5.41) is 0. The van der Waals surface area contributed by atoms with Gasteiger partial charge in [-0.05, 0) is 32.6 Å². The normalized spacial score (nSPS) is 12.2. The van der Waals surface area contributed by atoms with Crippen LogP contribution in [-0.4, -0.2) is 19.0 Å². The van der Waals surface area contributed by atoms with E-state index in [9.17, 15) is 13.2 Å². The second-order valence-electron chi connectivity index (χ2n) is 3.90. The Bertz CT molecular complexity index is 342. The Kier molecular flexibility index (Phi) is 3.39. The van der Waals surface area contributed by atoms with Crippen LogP contribution in [0.15, 0.2) is 18.2 Å². The fourth-order valence-electron chi connectivity index (χ4n) is 1.43. The van der Waals surface area contributed by atoms with Crippen LogP contribution in [0, 0.1) is 6.92 Å². The van der Waals surface area contributed by atoms with Crippen molar-refractivity contribution in [3.63, 3.8) is 0 Å². The lowest BCUT2D eigenvalue weighted by atomic mass is 10.0. The van der Waals surface area contributed by atoms with Gasteiger partial charge in [-0.2, -0.15) is 13.2 Å². The first-order valence-electron chi connectivity index (χ1n) is 4.62. The molecule has 1 nitrogen and oxygen atoms in total. The summed E-state index contributed by atoms with van der Waals surface area (Å²) < 4.78 is 38.0. The summed E-state index contributed by atoms with van der Waals surface area (Å²) in [5.74, 6) is 0. The van der Waals surface area contributed by atoms with Crippen molar-refractivity contribution >= 4 is 0 Å². The van der Waals surface area contributed by atoms with Gasteiger partial charge in [-0.15, -0.1) is 0 Å². The standard InChI is InChI=1S/C11H14F3N/c1-8-4-5-9(7-15(2)3)10(6-8)11(12,13)14/h4-6H,7H2,1-3H3. The lowest BCUT2D eigenvalue weighted by molar-refractivity contribution is -0.138. The van der Waals surface area contributed by atoms with E-state index in [0.29, 0.717) is 17.7 Å². The van der Waals surface area contributed by atoms with Crippen LogP contribution < -0.4 is 0 Å². The van der Waals surface area contributed by atoms with E-state index in [2.05, 4.69) is 0 Å². The molecule has 0 spiro atoms. The second kappa shape index (κ2) is 4.23. The molecule has 0 atom stereocenters. The topological polar surface area (TPSA) is 3.24 Å². The van der Waals surface area contributed by atoms with Crippen LogP contribution in [0.1, 0.15) is 16.7 Å². The van der Waals surface area contributed by atoms with Crippen LogP contribution in [0.3, 0.4) is 0 Å². The molecular formula is C11H14F3N. The molecule has 0 aromatic heterocycles. The molecule has 4 heteroatoms. The third-order valence-corrected chi connectivity index (χ3v) is 2.06. The molecule has 0 bridgehead atoms. The molecule has 0 heterocycles. The van der Waals surface area contributed by atoms with Crippen LogP contribution in [0.25, 0.3) is 0 Å². The van der Waals surface area contributed by atoms with Gasteiger partial charge in [0.2, 0.25) is 0 Å². The van der Waals surface area contributed by atoms with Gasteiger partial charge >= 0.3 is 6.18 Å². The molecule has 1 rings (SSSR count). The number of aryl methyl sites for hydroxylation is 1. The SMILES string of the molecule is Cc1ccc(CN(C)C)c(C(F)(F)F)c1. The molecule has 0 fully saturated rings. The molecular weight excluding hydrogens is 203 g/mol. The van der Waals surface area contributed by atoms with Gasteiger partial charge < -0.3 is 4.90 Å². The molecule has 0 aliphatic rings. The number of hydrogen-bond acceptors (Lipinski definition) is 1. The van der Waals surface area contributed by atoms with Crippen molar-refractivity contribution in [1.82, 2.24) is 4.90 Å². The summed E-state index contributed by atoms with van der Waals surface area (Å²) >= 11 is 0. The van der Waals surface area contributed by atoms with Gasteiger partial charge in [0.25, 0.3) is 0 Å². The third kappa shape index (κ3) is 3.23. The lowest BCUT2D eigenvalue weighted by Gasteiger charge is -2.16. The van der Waals surface area contributed by atoms with Crippen LogP contribution in [0.4, 0.5) is 13.2 Å². The van der Waals surface area contributed by atoms with Gasteiger partial charge in [0.1, 0.15) is 0 Å². The molecule has 84 valence electrons. The average molecular weight is 217 g/mol. The van der Waals surface area contributed by atoms with E-state index in [1.807, 2.05) is 0 Å². The minimum absolute atomic E-state index is 0.301. The van der Waals surface area contributed by atoms with Gasteiger partial charge in [-0.25, -0.2) is 0 Å². The summed E-state index contributed by atoms with van der Waals surface area (Å²) in [6.45, 7) is 1.96. The molecule has 1 aromatic carbocycles. The van der Waals surface area contributed by atoms with Crippen molar-refractivity contribution in [1.29, 1.82) is 0 Å². The van der Waals surface area contributed by atoms with E-state index >= 15 is 0 Å². The molecule has 0 radical (unpaired) electrons. The van der Waals surface area contributed by atoms with Gasteiger partial charge in [0, 0.05) is 6.54 Å². The fraction of sp³-hybridized carbons (Fsp3) is 0.455. The highest BCUT2D eigenvalue weighted by molar-refractivity contribution is 5.33. The summed E-state index contributed by atoms with van der Waals surface area (Å²) in [7, 11) is 3.50. The first kappa shape index (κ1) is 12.0. The Labute approximate surface area is 87.5 Å². The Morgan fingerprint density at radius 2 is 1.80 bits per heavy atom. The lowest BCUT2D eigenvalue weighted by Crippen LogP contribution is -2.16. The quantitative estimate of drug-likeness (QED) is 0.735. The van der Waals surface area contributed by atoms with Crippen LogP contribution >= 0.6 is 0 Å². The predicted molar refractivity (Wildman–Crippen MR) is 53.6 cm³/mol. The molecule has 0 aliphatic carbocycles. The minimum Gasteiger partial charge on any atom is -0.305 e. The van der Waals surface area contributed by atoms with Crippen molar-refractivity contribution in [2.24, 2.45) is 0 Å². The monoisotopic (exact) mass is 217 g/mol. The van der Waals surface area contributed by atoms with Crippen LogP contribution in [0.5, 0.6) is 0 Å². The molecule has 1 aromatic rings. The molecule has 0 unspecified atom stereocenters. The summed E-state index contributed by atoms with van der Waals surface area (Å²) in [6, 6.07) is 4.44. The Hall–Kier alpha value is -1.03. The maximum Gasteiger partial charge on any atom is 0.416 e. The van der Waals surface area contributed by atoms with Crippen molar-refractivity contribution in [2.75, 3.05) is 14.1 Å². The number of halogens is 3. The van der Waals surface area contributed by atoms with E-state index in [1.54, 1.807) is 32.0 Å². The largest absolute Gasteiger partial charge is 0.416 e. The zero-order valence-corrected chi connectivity index (χ0v) is 9.02. The van der Waals surface area contributed by atoms with Crippen LogP contribution in [-0.2, 0) is 12.7 Å². The number of hydrogen-bond donors (Lipinski definition) is 0. The Morgan fingerprint density at radius 1 is 1.20 bits per heavy atom.